The van der Waals surface area contributed by atoms with Gasteiger partial charge in [0.25, 0.3) is 11.5 Å². The van der Waals surface area contributed by atoms with E-state index in [1.165, 1.54) is 11.3 Å². The Bertz CT molecular complexity index is 669. The van der Waals surface area contributed by atoms with Gasteiger partial charge in [0.05, 0.1) is 21.9 Å². The molecule has 0 amide bonds. The molecular formula is C10H8BrF2N3OS. The van der Waals surface area contributed by atoms with Crippen LogP contribution in [0.25, 0.3) is 10.2 Å². The molecule has 1 aliphatic heterocycles. The highest BCUT2D eigenvalue weighted by Crippen LogP contribution is 2.33. The zero-order chi connectivity index (χ0) is 12.9. The summed E-state index contributed by atoms with van der Waals surface area (Å²) in [4.78, 5) is 18.6. The minimum absolute atomic E-state index is 0.273. The van der Waals surface area contributed by atoms with E-state index in [0.717, 1.165) is 3.79 Å². The third-order valence-electron chi connectivity index (χ3n) is 2.81. The molecule has 18 heavy (non-hydrogen) atoms. The molecule has 3 rings (SSSR count). The van der Waals surface area contributed by atoms with Crippen molar-refractivity contribution in [2.75, 3.05) is 6.54 Å². The van der Waals surface area contributed by atoms with E-state index in [-0.39, 0.29) is 24.3 Å². The summed E-state index contributed by atoms with van der Waals surface area (Å²) in [6.45, 7) is -0.382. The SMILES string of the molecule is O=c1[nH]c([C@@H]2CC(F)(F)CN2)nc2cc(Br)sc12. The van der Waals surface area contributed by atoms with Gasteiger partial charge in [-0.25, -0.2) is 13.8 Å². The van der Waals surface area contributed by atoms with Crippen molar-refractivity contribution in [1.29, 1.82) is 0 Å². The van der Waals surface area contributed by atoms with Crippen molar-refractivity contribution in [2.24, 2.45) is 0 Å². The lowest BCUT2D eigenvalue weighted by Gasteiger charge is -2.09. The number of H-pyrrole nitrogens is 1. The van der Waals surface area contributed by atoms with Crippen LogP contribution in [0.3, 0.4) is 0 Å². The molecule has 2 aromatic rings. The molecule has 4 nitrogen and oxygen atoms in total. The van der Waals surface area contributed by atoms with E-state index in [1.807, 2.05) is 0 Å². The summed E-state index contributed by atoms with van der Waals surface area (Å²) in [5.74, 6) is -2.47. The van der Waals surface area contributed by atoms with Gasteiger partial charge in [0.15, 0.2) is 0 Å². The van der Waals surface area contributed by atoms with Gasteiger partial charge in [-0.3, -0.25) is 4.79 Å². The Morgan fingerprint density at radius 2 is 2.33 bits per heavy atom. The van der Waals surface area contributed by atoms with E-state index in [2.05, 4.69) is 31.2 Å². The summed E-state index contributed by atoms with van der Waals surface area (Å²) >= 11 is 4.55. The maximum atomic E-state index is 13.1. The van der Waals surface area contributed by atoms with E-state index in [9.17, 15) is 13.6 Å². The van der Waals surface area contributed by atoms with Crippen molar-refractivity contribution in [1.82, 2.24) is 15.3 Å². The number of hydrogen-bond acceptors (Lipinski definition) is 4. The van der Waals surface area contributed by atoms with Crippen LogP contribution in [-0.2, 0) is 0 Å². The molecule has 0 bridgehead atoms. The van der Waals surface area contributed by atoms with Gasteiger partial charge in [-0.15, -0.1) is 11.3 Å². The summed E-state index contributed by atoms with van der Waals surface area (Å²) in [5, 5.41) is 2.67. The van der Waals surface area contributed by atoms with Crippen molar-refractivity contribution in [2.45, 2.75) is 18.4 Å². The lowest BCUT2D eigenvalue weighted by atomic mass is 10.2. The van der Waals surface area contributed by atoms with E-state index in [4.69, 9.17) is 0 Å². The van der Waals surface area contributed by atoms with E-state index < -0.39 is 12.0 Å². The highest BCUT2D eigenvalue weighted by atomic mass is 79.9. The highest BCUT2D eigenvalue weighted by molar-refractivity contribution is 9.11. The molecule has 96 valence electrons. The second-order valence-electron chi connectivity index (χ2n) is 4.21. The normalized spacial score (nSPS) is 22.7. The molecule has 1 atom stereocenters. The fourth-order valence-electron chi connectivity index (χ4n) is 2.00. The van der Waals surface area contributed by atoms with Crippen LogP contribution in [0.4, 0.5) is 8.78 Å². The summed E-state index contributed by atoms with van der Waals surface area (Å²) in [7, 11) is 0. The average molecular weight is 336 g/mol. The van der Waals surface area contributed by atoms with Crippen LogP contribution < -0.4 is 10.9 Å². The number of aromatic nitrogens is 2. The predicted octanol–water partition coefficient (Wildman–Crippen LogP) is 2.42. The van der Waals surface area contributed by atoms with Crippen LogP contribution in [0.15, 0.2) is 14.6 Å². The van der Waals surface area contributed by atoms with Gasteiger partial charge in [0.2, 0.25) is 0 Å². The summed E-state index contributed by atoms with van der Waals surface area (Å²) < 4.78 is 27.5. The molecule has 0 spiro atoms. The number of halogens is 3. The fourth-order valence-corrected chi connectivity index (χ4v) is 3.42. The zero-order valence-corrected chi connectivity index (χ0v) is 11.4. The van der Waals surface area contributed by atoms with Gasteiger partial charge in [-0.1, -0.05) is 0 Å². The summed E-state index contributed by atoms with van der Waals surface area (Å²) in [5.41, 5.74) is 0.241. The number of nitrogens with one attached hydrogen (secondary N) is 2. The van der Waals surface area contributed by atoms with Crippen molar-refractivity contribution >= 4 is 37.5 Å². The topological polar surface area (TPSA) is 57.8 Å². The Morgan fingerprint density at radius 1 is 1.56 bits per heavy atom. The standard InChI is InChI=1S/C10H8BrF2N3OS/c11-6-1-4-7(18-6)9(17)16-8(15-4)5-2-10(12,13)3-14-5/h1,5,14H,2-3H2,(H,15,16,17)/t5-/m0/s1. The summed E-state index contributed by atoms with van der Waals surface area (Å²) in [6, 6.07) is 1.11. The third kappa shape index (κ3) is 2.08. The fraction of sp³-hybridized carbons (Fsp3) is 0.400. The molecule has 1 fully saturated rings. The molecule has 0 aliphatic carbocycles. The van der Waals surface area contributed by atoms with Crippen LogP contribution in [0.1, 0.15) is 18.3 Å². The van der Waals surface area contributed by atoms with Gasteiger partial charge in [-0.05, 0) is 22.0 Å². The van der Waals surface area contributed by atoms with E-state index >= 15 is 0 Å². The number of hydrogen-bond donors (Lipinski definition) is 2. The van der Waals surface area contributed by atoms with Crippen molar-refractivity contribution in [3.05, 3.63) is 26.0 Å². The molecule has 2 N–H and O–H groups in total. The third-order valence-corrected chi connectivity index (χ3v) is 4.44. The summed E-state index contributed by atoms with van der Waals surface area (Å²) in [6.07, 6.45) is -0.341. The molecule has 0 aromatic carbocycles. The van der Waals surface area contributed by atoms with Gasteiger partial charge >= 0.3 is 0 Å². The monoisotopic (exact) mass is 335 g/mol. The van der Waals surface area contributed by atoms with Crippen LogP contribution in [0, 0.1) is 0 Å². The van der Waals surface area contributed by atoms with Crippen LogP contribution >= 0.6 is 27.3 Å². The molecule has 1 saturated heterocycles. The second kappa shape index (κ2) is 4.07. The maximum absolute atomic E-state index is 13.1. The molecule has 0 saturated carbocycles. The molecule has 3 heterocycles. The first-order valence-corrected chi connectivity index (χ1v) is 6.86. The molecular weight excluding hydrogens is 328 g/mol. The quantitative estimate of drug-likeness (QED) is 0.841. The Morgan fingerprint density at radius 3 is 3.00 bits per heavy atom. The Labute approximate surface area is 113 Å². The molecule has 8 heteroatoms. The highest BCUT2D eigenvalue weighted by Gasteiger charge is 2.40. The van der Waals surface area contributed by atoms with Crippen molar-refractivity contribution in [3.8, 4) is 0 Å². The van der Waals surface area contributed by atoms with Crippen LogP contribution in [0.5, 0.6) is 0 Å². The van der Waals surface area contributed by atoms with Gasteiger partial charge in [0, 0.05) is 6.42 Å². The number of rotatable bonds is 1. The molecule has 0 radical (unpaired) electrons. The lowest BCUT2D eigenvalue weighted by molar-refractivity contribution is 0.0208. The number of aromatic amines is 1. The molecule has 2 aromatic heterocycles. The Hall–Kier alpha value is -0.860. The minimum Gasteiger partial charge on any atom is -0.308 e. The van der Waals surface area contributed by atoms with Gasteiger partial charge < -0.3 is 10.3 Å². The smallest absolute Gasteiger partial charge is 0.268 e. The second-order valence-corrected chi connectivity index (χ2v) is 6.64. The number of alkyl halides is 2. The van der Waals surface area contributed by atoms with Crippen LogP contribution in [-0.4, -0.2) is 22.4 Å². The Balaban J connectivity index is 2.06. The number of thiophene rings is 1. The molecule has 0 unspecified atom stereocenters. The first kappa shape index (κ1) is 12.2. The van der Waals surface area contributed by atoms with Crippen molar-refractivity contribution < 1.29 is 8.78 Å². The largest absolute Gasteiger partial charge is 0.308 e. The predicted molar refractivity (Wildman–Crippen MR) is 68.2 cm³/mol. The van der Waals surface area contributed by atoms with Crippen molar-refractivity contribution in [3.63, 3.8) is 0 Å². The lowest BCUT2D eigenvalue weighted by Crippen LogP contribution is -2.21. The van der Waals surface area contributed by atoms with E-state index in [1.54, 1.807) is 6.07 Å². The first-order chi connectivity index (χ1) is 8.44. The number of nitrogens with zero attached hydrogens (tertiary/aromatic N) is 1. The molecule has 1 aliphatic rings. The Kier molecular flexibility index (Phi) is 2.76. The van der Waals surface area contributed by atoms with Crippen LogP contribution in [0.2, 0.25) is 0 Å². The van der Waals surface area contributed by atoms with Gasteiger partial charge in [0.1, 0.15) is 10.5 Å². The van der Waals surface area contributed by atoms with Gasteiger partial charge in [-0.2, -0.15) is 0 Å². The number of fused-ring (bicyclic) bond motifs is 1. The first-order valence-electron chi connectivity index (χ1n) is 5.25. The zero-order valence-electron chi connectivity index (χ0n) is 8.97. The average Bonchev–Trinajstić information content (AvgIpc) is 2.80. The van der Waals surface area contributed by atoms with E-state index in [0.29, 0.717) is 10.2 Å². The minimum atomic E-state index is -2.74. The maximum Gasteiger partial charge on any atom is 0.268 e.